The van der Waals surface area contributed by atoms with E-state index in [9.17, 15) is 4.79 Å². The second kappa shape index (κ2) is 5.68. The van der Waals surface area contributed by atoms with Crippen molar-refractivity contribution in [1.29, 1.82) is 0 Å². The van der Waals surface area contributed by atoms with Crippen LogP contribution in [-0.2, 0) is 11.8 Å². The summed E-state index contributed by atoms with van der Waals surface area (Å²) in [6, 6.07) is 5.32. The first-order chi connectivity index (χ1) is 10.9. The standard InChI is InChI=1S/C17H22N4O2/c1-5-14-19-15(21-20-14)10(2)18-16(22)11-6-7-13-12(8-11)17(3,4)9-23-13/h6-8,10H,5,9H2,1-4H3,(H,18,22)(H,19,20,21). The highest BCUT2D eigenvalue weighted by molar-refractivity contribution is 5.95. The van der Waals surface area contributed by atoms with E-state index in [1.807, 2.05) is 26.0 Å². The molecule has 1 aliphatic heterocycles. The van der Waals surface area contributed by atoms with Gasteiger partial charge in [-0.1, -0.05) is 20.8 Å². The highest BCUT2D eigenvalue weighted by Gasteiger charge is 2.32. The van der Waals surface area contributed by atoms with E-state index in [0.29, 0.717) is 18.0 Å². The van der Waals surface area contributed by atoms with E-state index in [4.69, 9.17) is 4.74 Å². The summed E-state index contributed by atoms with van der Waals surface area (Å²) in [7, 11) is 0. The second-order valence-electron chi connectivity index (χ2n) is 6.57. The van der Waals surface area contributed by atoms with Gasteiger partial charge in [-0.25, -0.2) is 4.98 Å². The van der Waals surface area contributed by atoms with Gasteiger partial charge in [0.25, 0.3) is 5.91 Å². The van der Waals surface area contributed by atoms with Gasteiger partial charge in [0.05, 0.1) is 12.6 Å². The number of benzene rings is 1. The number of aromatic nitrogens is 3. The topological polar surface area (TPSA) is 79.9 Å². The Bertz CT molecular complexity index is 736. The van der Waals surface area contributed by atoms with Gasteiger partial charge in [0.2, 0.25) is 0 Å². The quantitative estimate of drug-likeness (QED) is 0.909. The van der Waals surface area contributed by atoms with Crippen LogP contribution in [0.4, 0.5) is 0 Å². The summed E-state index contributed by atoms with van der Waals surface area (Å²) < 4.78 is 5.66. The van der Waals surface area contributed by atoms with Gasteiger partial charge in [-0.2, -0.15) is 5.10 Å². The molecule has 3 rings (SSSR count). The Kier molecular flexibility index (Phi) is 3.83. The molecule has 2 N–H and O–H groups in total. The van der Waals surface area contributed by atoms with Gasteiger partial charge in [-0.15, -0.1) is 0 Å². The van der Waals surface area contributed by atoms with E-state index in [0.717, 1.165) is 23.6 Å². The van der Waals surface area contributed by atoms with Crippen LogP contribution in [0.2, 0.25) is 0 Å². The first kappa shape index (κ1) is 15.5. The van der Waals surface area contributed by atoms with Crippen LogP contribution in [0.1, 0.15) is 61.3 Å². The fourth-order valence-electron chi connectivity index (χ4n) is 2.67. The molecule has 6 heteroatoms. The first-order valence-electron chi connectivity index (χ1n) is 7.90. The molecule has 0 bridgehead atoms. The maximum Gasteiger partial charge on any atom is 0.251 e. The van der Waals surface area contributed by atoms with Crippen LogP contribution in [0.25, 0.3) is 0 Å². The molecule has 1 unspecified atom stereocenters. The molecule has 0 saturated carbocycles. The number of hydrogen-bond acceptors (Lipinski definition) is 4. The minimum Gasteiger partial charge on any atom is -0.492 e. The Hall–Kier alpha value is -2.37. The highest BCUT2D eigenvalue weighted by Crippen LogP contribution is 2.38. The molecule has 1 amide bonds. The number of aryl methyl sites for hydroxylation is 1. The zero-order valence-electron chi connectivity index (χ0n) is 13.9. The Morgan fingerprint density at radius 2 is 2.26 bits per heavy atom. The number of nitrogens with zero attached hydrogens (tertiary/aromatic N) is 2. The molecule has 1 aromatic heterocycles. The Balaban J connectivity index is 1.76. The normalized spacial score (nSPS) is 16.5. The maximum absolute atomic E-state index is 12.5. The lowest BCUT2D eigenvalue weighted by Gasteiger charge is -2.16. The van der Waals surface area contributed by atoms with Crippen molar-refractivity contribution in [1.82, 2.24) is 20.5 Å². The fourth-order valence-corrected chi connectivity index (χ4v) is 2.67. The summed E-state index contributed by atoms with van der Waals surface area (Å²) in [5.74, 6) is 2.14. The number of ether oxygens (including phenoxy) is 1. The number of fused-ring (bicyclic) bond motifs is 1. The lowest BCUT2D eigenvalue weighted by atomic mass is 9.86. The second-order valence-corrected chi connectivity index (χ2v) is 6.57. The van der Waals surface area contributed by atoms with E-state index in [-0.39, 0.29) is 17.4 Å². The molecule has 1 atom stereocenters. The van der Waals surface area contributed by atoms with Crippen LogP contribution >= 0.6 is 0 Å². The summed E-state index contributed by atoms with van der Waals surface area (Å²) in [5.41, 5.74) is 1.63. The number of aromatic amines is 1. The van der Waals surface area contributed by atoms with Crippen LogP contribution in [0, 0.1) is 0 Å². The van der Waals surface area contributed by atoms with Crippen molar-refractivity contribution < 1.29 is 9.53 Å². The molecular weight excluding hydrogens is 292 g/mol. The van der Waals surface area contributed by atoms with Gasteiger partial charge >= 0.3 is 0 Å². The molecule has 1 aromatic carbocycles. The fraction of sp³-hybridized carbons (Fsp3) is 0.471. The molecule has 0 radical (unpaired) electrons. The van der Waals surface area contributed by atoms with E-state index in [1.54, 1.807) is 6.07 Å². The number of rotatable bonds is 4. The molecule has 6 nitrogen and oxygen atoms in total. The third kappa shape index (κ3) is 2.93. The number of H-pyrrole nitrogens is 1. The van der Waals surface area contributed by atoms with Crippen molar-refractivity contribution >= 4 is 5.91 Å². The smallest absolute Gasteiger partial charge is 0.251 e. The average molecular weight is 314 g/mol. The van der Waals surface area contributed by atoms with Crippen molar-refractivity contribution in [2.75, 3.05) is 6.61 Å². The van der Waals surface area contributed by atoms with Gasteiger partial charge in [0.15, 0.2) is 5.82 Å². The summed E-state index contributed by atoms with van der Waals surface area (Å²) in [5, 5.41) is 9.95. The van der Waals surface area contributed by atoms with Crippen molar-refractivity contribution in [3.05, 3.63) is 41.0 Å². The molecule has 1 aliphatic rings. The summed E-state index contributed by atoms with van der Waals surface area (Å²) >= 11 is 0. The number of nitrogens with one attached hydrogen (secondary N) is 2. The van der Waals surface area contributed by atoms with Gasteiger partial charge in [-0.05, 0) is 25.1 Å². The van der Waals surface area contributed by atoms with Crippen LogP contribution in [-0.4, -0.2) is 27.7 Å². The van der Waals surface area contributed by atoms with Gasteiger partial charge < -0.3 is 10.1 Å². The third-order valence-electron chi connectivity index (χ3n) is 4.18. The van der Waals surface area contributed by atoms with Crippen molar-refractivity contribution in [2.45, 2.75) is 45.6 Å². The molecule has 0 spiro atoms. The third-order valence-corrected chi connectivity index (χ3v) is 4.18. The van der Waals surface area contributed by atoms with Crippen molar-refractivity contribution in [3.63, 3.8) is 0 Å². The molecule has 23 heavy (non-hydrogen) atoms. The van der Waals surface area contributed by atoms with Crippen molar-refractivity contribution in [3.8, 4) is 5.75 Å². The average Bonchev–Trinajstić information content (AvgIpc) is 3.12. The zero-order chi connectivity index (χ0) is 16.6. The molecule has 0 saturated heterocycles. The minimum atomic E-state index is -0.253. The monoisotopic (exact) mass is 314 g/mol. The number of carbonyl (C=O) groups excluding carboxylic acids is 1. The zero-order valence-corrected chi connectivity index (χ0v) is 13.9. The molecule has 122 valence electrons. The number of amides is 1. The molecule has 2 aromatic rings. The number of carbonyl (C=O) groups is 1. The predicted molar refractivity (Wildman–Crippen MR) is 86.6 cm³/mol. The highest BCUT2D eigenvalue weighted by atomic mass is 16.5. The van der Waals surface area contributed by atoms with Crippen LogP contribution in [0.15, 0.2) is 18.2 Å². The largest absolute Gasteiger partial charge is 0.492 e. The van der Waals surface area contributed by atoms with Gasteiger partial charge in [0, 0.05) is 23.0 Å². The first-order valence-corrected chi connectivity index (χ1v) is 7.90. The van der Waals surface area contributed by atoms with E-state index in [2.05, 4.69) is 34.3 Å². The molecule has 2 heterocycles. The van der Waals surface area contributed by atoms with Crippen LogP contribution in [0.5, 0.6) is 5.75 Å². The molecule has 0 fully saturated rings. The SMILES string of the molecule is CCc1nc(C(C)NC(=O)c2ccc3c(c2)C(C)(C)CO3)n[nH]1. The maximum atomic E-state index is 12.5. The lowest BCUT2D eigenvalue weighted by Crippen LogP contribution is -2.27. The summed E-state index contributed by atoms with van der Waals surface area (Å²) in [6.45, 7) is 8.75. The Morgan fingerprint density at radius 1 is 1.48 bits per heavy atom. The lowest BCUT2D eigenvalue weighted by molar-refractivity contribution is 0.0938. The van der Waals surface area contributed by atoms with Crippen LogP contribution < -0.4 is 10.1 Å². The van der Waals surface area contributed by atoms with Crippen molar-refractivity contribution in [2.24, 2.45) is 0 Å². The van der Waals surface area contributed by atoms with E-state index in [1.165, 1.54) is 0 Å². The van der Waals surface area contributed by atoms with E-state index >= 15 is 0 Å². The minimum absolute atomic E-state index is 0.0724. The number of hydrogen-bond donors (Lipinski definition) is 2. The Labute approximate surface area is 135 Å². The predicted octanol–water partition coefficient (Wildman–Crippen LogP) is 2.53. The van der Waals surface area contributed by atoms with E-state index < -0.39 is 0 Å². The van der Waals surface area contributed by atoms with Gasteiger partial charge in [0.1, 0.15) is 11.6 Å². The molecular formula is C17H22N4O2. The summed E-state index contributed by atoms with van der Waals surface area (Å²) in [6.07, 6.45) is 0.785. The summed E-state index contributed by atoms with van der Waals surface area (Å²) in [4.78, 5) is 16.9. The Morgan fingerprint density at radius 3 is 2.96 bits per heavy atom. The molecule has 0 aliphatic carbocycles. The van der Waals surface area contributed by atoms with Crippen LogP contribution in [0.3, 0.4) is 0 Å². The van der Waals surface area contributed by atoms with Gasteiger partial charge in [-0.3, -0.25) is 9.89 Å².